The Hall–Kier alpha value is -1.42. The molecule has 0 aliphatic carbocycles. The van der Waals surface area contributed by atoms with Crippen LogP contribution in [0.1, 0.15) is 20.8 Å². The summed E-state index contributed by atoms with van der Waals surface area (Å²) in [5, 5.41) is 13.7. The van der Waals surface area contributed by atoms with Gasteiger partial charge in [-0.1, -0.05) is 26.5 Å². The van der Waals surface area contributed by atoms with Gasteiger partial charge in [0.15, 0.2) is 0 Å². The van der Waals surface area contributed by atoms with Crippen molar-refractivity contribution in [2.45, 2.75) is 26.8 Å². The molecule has 15 heavy (non-hydrogen) atoms. The van der Waals surface area contributed by atoms with Gasteiger partial charge in [0.2, 0.25) is 0 Å². The number of nitro groups is 1. The molecule has 0 fully saturated rings. The number of hydrogen-bond acceptors (Lipinski definition) is 3. The van der Waals surface area contributed by atoms with Gasteiger partial charge in [-0.25, -0.2) is 0 Å². The van der Waals surface area contributed by atoms with E-state index in [0.717, 1.165) is 5.57 Å². The molecule has 0 unspecified atom stereocenters. The lowest BCUT2D eigenvalue weighted by Crippen LogP contribution is -2.24. The number of nitrogens with zero attached hydrogens (tertiary/aromatic N) is 1. The Bertz CT molecular complexity index is 291. The molecule has 0 heterocycles. The molecule has 0 aliphatic rings. The van der Waals surface area contributed by atoms with Crippen LogP contribution in [0, 0.1) is 10.1 Å². The van der Waals surface area contributed by atoms with Crippen LogP contribution in [0.5, 0.6) is 0 Å². The first-order valence-corrected chi connectivity index (χ1v) is 4.88. The molecular weight excluding hydrogens is 192 g/mol. The maximum atomic E-state index is 10.5. The summed E-state index contributed by atoms with van der Waals surface area (Å²) in [7, 11) is 0. The zero-order valence-electron chi connectivity index (χ0n) is 9.49. The van der Waals surface area contributed by atoms with Crippen molar-refractivity contribution in [2.75, 3.05) is 6.54 Å². The van der Waals surface area contributed by atoms with Crippen LogP contribution in [0.3, 0.4) is 0 Å². The highest BCUT2D eigenvalue weighted by Crippen LogP contribution is 2.04. The lowest BCUT2D eigenvalue weighted by atomic mass is 10.2. The van der Waals surface area contributed by atoms with Gasteiger partial charge in [0.25, 0.3) is 5.70 Å². The van der Waals surface area contributed by atoms with Crippen LogP contribution < -0.4 is 5.32 Å². The van der Waals surface area contributed by atoms with E-state index in [1.54, 1.807) is 0 Å². The maximum absolute atomic E-state index is 10.5. The number of allylic oxidation sites excluding steroid dienone is 2. The molecule has 1 N–H and O–H groups in total. The van der Waals surface area contributed by atoms with Crippen molar-refractivity contribution < 1.29 is 4.92 Å². The summed E-state index contributed by atoms with van der Waals surface area (Å²) in [5.41, 5.74) is 0.906. The van der Waals surface area contributed by atoms with Crippen molar-refractivity contribution in [1.29, 1.82) is 0 Å². The molecule has 0 radical (unpaired) electrons. The molecule has 0 atom stereocenters. The highest BCUT2D eigenvalue weighted by molar-refractivity contribution is 5.25. The molecule has 0 amide bonds. The van der Waals surface area contributed by atoms with Crippen molar-refractivity contribution >= 4 is 0 Å². The quantitative estimate of drug-likeness (QED) is 0.415. The van der Waals surface area contributed by atoms with Crippen molar-refractivity contribution in [3.63, 3.8) is 0 Å². The molecule has 0 saturated carbocycles. The van der Waals surface area contributed by atoms with E-state index in [4.69, 9.17) is 0 Å². The molecule has 0 spiro atoms. The fourth-order valence-corrected chi connectivity index (χ4v) is 0.935. The second-order valence-corrected chi connectivity index (χ2v) is 3.43. The Morgan fingerprint density at radius 3 is 2.53 bits per heavy atom. The minimum Gasteiger partial charge on any atom is -0.310 e. The molecule has 4 heteroatoms. The topological polar surface area (TPSA) is 55.2 Å². The predicted molar refractivity (Wildman–Crippen MR) is 62.2 cm³/mol. The average molecular weight is 210 g/mol. The SMILES string of the molecule is C=C/C(=C\C(=C/C)CNC(C)C)[N+](=O)[O-]. The molecule has 4 nitrogen and oxygen atoms in total. The molecule has 0 saturated heterocycles. The smallest absolute Gasteiger partial charge is 0.269 e. The number of hydrogen-bond donors (Lipinski definition) is 1. The summed E-state index contributed by atoms with van der Waals surface area (Å²) in [6.45, 7) is 9.94. The first kappa shape index (κ1) is 13.6. The maximum Gasteiger partial charge on any atom is 0.269 e. The number of nitrogens with one attached hydrogen (secondary N) is 1. The standard InChI is InChI=1S/C11H18N2O2/c1-5-10(8-12-9(3)4)7-11(6-2)13(14)15/h5-7,9,12H,2,8H2,1,3-4H3/b10-5+,11-7+. The van der Waals surface area contributed by atoms with E-state index in [-0.39, 0.29) is 5.70 Å². The van der Waals surface area contributed by atoms with Gasteiger partial charge in [-0.15, -0.1) is 0 Å². The molecule has 0 bridgehead atoms. The molecule has 84 valence electrons. The third-order valence-corrected chi connectivity index (χ3v) is 1.84. The van der Waals surface area contributed by atoms with E-state index in [2.05, 4.69) is 11.9 Å². The molecule has 0 aromatic rings. The summed E-state index contributed by atoms with van der Waals surface area (Å²) in [5.74, 6) is 0. The number of rotatable bonds is 6. The Labute approximate surface area is 90.5 Å². The van der Waals surface area contributed by atoms with E-state index in [1.807, 2.05) is 26.8 Å². The average Bonchev–Trinajstić information content (AvgIpc) is 2.17. The third-order valence-electron chi connectivity index (χ3n) is 1.84. The normalized spacial score (nSPS) is 13.1. The van der Waals surface area contributed by atoms with Crippen LogP contribution in [0.25, 0.3) is 0 Å². The van der Waals surface area contributed by atoms with Crippen LogP contribution in [-0.4, -0.2) is 17.5 Å². The van der Waals surface area contributed by atoms with Crippen LogP contribution in [0.15, 0.2) is 36.1 Å². The lowest BCUT2D eigenvalue weighted by molar-refractivity contribution is -0.419. The van der Waals surface area contributed by atoms with Crippen LogP contribution in [-0.2, 0) is 0 Å². The minimum absolute atomic E-state index is 0.0219. The molecule has 0 aliphatic heterocycles. The molecule has 0 aromatic carbocycles. The Balaban J connectivity index is 4.56. The molecule has 0 aromatic heterocycles. The van der Waals surface area contributed by atoms with Crippen molar-refractivity contribution in [2.24, 2.45) is 0 Å². The summed E-state index contributed by atoms with van der Waals surface area (Å²) >= 11 is 0. The predicted octanol–water partition coefficient (Wildman–Crippen LogP) is 2.28. The van der Waals surface area contributed by atoms with E-state index in [9.17, 15) is 10.1 Å². The van der Waals surface area contributed by atoms with Crippen molar-refractivity contribution in [3.05, 3.63) is 46.2 Å². The zero-order chi connectivity index (χ0) is 11.8. The summed E-state index contributed by atoms with van der Waals surface area (Å²) < 4.78 is 0. The van der Waals surface area contributed by atoms with Gasteiger partial charge in [0.1, 0.15) is 0 Å². The Kier molecular flexibility index (Phi) is 6.29. The van der Waals surface area contributed by atoms with Gasteiger partial charge < -0.3 is 5.32 Å². The third kappa shape index (κ3) is 5.80. The van der Waals surface area contributed by atoms with Crippen LogP contribution in [0.2, 0.25) is 0 Å². The van der Waals surface area contributed by atoms with Crippen LogP contribution >= 0.6 is 0 Å². The van der Waals surface area contributed by atoms with Crippen molar-refractivity contribution in [1.82, 2.24) is 5.32 Å². The van der Waals surface area contributed by atoms with Gasteiger partial charge in [-0.2, -0.15) is 0 Å². The fourth-order valence-electron chi connectivity index (χ4n) is 0.935. The zero-order valence-corrected chi connectivity index (χ0v) is 9.49. The van der Waals surface area contributed by atoms with Gasteiger partial charge >= 0.3 is 0 Å². The van der Waals surface area contributed by atoms with Gasteiger partial charge in [-0.3, -0.25) is 10.1 Å². The van der Waals surface area contributed by atoms with Crippen molar-refractivity contribution in [3.8, 4) is 0 Å². The first-order chi connectivity index (χ1) is 7.01. The summed E-state index contributed by atoms with van der Waals surface area (Å²) in [6, 6.07) is 0.358. The first-order valence-electron chi connectivity index (χ1n) is 4.88. The van der Waals surface area contributed by atoms with Gasteiger partial charge in [0, 0.05) is 24.7 Å². The largest absolute Gasteiger partial charge is 0.310 e. The summed E-state index contributed by atoms with van der Waals surface area (Å²) in [6.07, 6.45) is 4.63. The van der Waals surface area contributed by atoms with E-state index in [0.29, 0.717) is 12.6 Å². The van der Waals surface area contributed by atoms with E-state index in [1.165, 1.54) is 12.2 Å². The highest BCUT2D eigenvalue weighted by atomic mass is 16.6. The highest BCUT2D eigenvalue weighted by Gasteiger charge is 2.06. The monoisotopic (exact) mass is 210 g/mol. The Morgan fingerprint density at radius 1 is 1.60 bits per heavy atom. The minimum atomic E-state index is -0.439. The second kappa shape index (κ2) is 6.95. The lowest BCUT2D eigenvalue weighted by Gasteiger charge is -2.07. The fraction of sp³-hybridized carbons (Fsp3) is 0.455. The Morgan fingerprint density at radius 2 is 2.20 bits per heavy atom. The van der Waals surface area contributed by atoms with E-state index >= 15 is 0 Å². The summed E-state index contributed by atoms with van der Waals surface area (Å²) in [4.78, 5) is 10.1. The molecular formula is C11H18N2O2. The van der Waals surface area contributed by atoms with Gasteiger partial charge in [0.05, 0.1) is 4.92 Å². The van der Waals surface area contributed by atoms with E-state index < -0.39 is 4.92 Å². The van der Waals surface area contributed by atoms with Crippen LogP contribution in [0.4, 0.5) is 0 Å². The second-order valence-electron chi connectivity index (χ2n) is 3.43. The molecule has 0 rings (SSSR count). The van der Waals surface area contributed by atoms with Gasteiger partial charge in [-0.05, 0) is 12.5 Å².